The number of nitrogens with zero attached hydrogens (tertiary/aromatic N) is 1. The van der Waals surface area contributed by atoms with Gasteiger partial charge < -0.3 is 9.73 Å². The predicted molar refractivity (Wildman–Crippen MR) is 77.5 cm³/mol. The first-order valence-electron chi connectivity index (χ1n) is 7.59. The van der Waals surface area contributed by atoms with E-state index in [9.17, 15) is 0 Å². The van der Waals surface area contributed by atoms with Gasteiger partial charge in [0.1, 0.15) is 6.26 Å². The van der Waals surface area contributed by atoms with E-state index in [1.54, 1.807) is 18.0 Å². The third kappa shape index (κ3) is 2.27. The molecule has 20 heavy (non-hydrogen) atoms. The van der Waals surface area contributed by atoms with Crippen molar-refractivity contribution in [3.05, 3.63) is 53.7 Å². The number of nitrogens with one attached hydrogen (secondary N) is 1. The van der Waals surface area contributed by atoms with Crippen LogP contribution in [0.4, 0.5) is 0 Å². The van der Waals surface area contributed by atoms with E-state index in [1.165, 1.54) is 24.8 Å². The molecule has 0 saturated carbocycles. The maximum atomic E-state index is 5.43. The van der Waals surface area contributed by atoms with Gasteiger partial charge in [0.25, 0.3) is 0 Å². The fourth-order valence-corrected chi connectivity index (χ4v) is 3.82. The van der Waals surface area contributed by atoms with Crippen molar-refractivity contribution in [1.82, 2.24) is 10.3 Å². The van der Waals surface area contributed by atoms with Gasteiger partial charge in [0, 0.05) is 18.5 Å². The number of piperidine rings is 1. The van der Waals surface area contributed by atoms with Crippen molar-refractivity contribution < 1.29 is 4.42 Å². The largest absolute Gasteiger partial charge is 0.449 e. The van der Waals surface area contributed by atoms with E-state index in [0.717, 1.165) is 18.7 Å². The molecule has 2 aliphatic heterocycles. The lowest BCUT2D eigenvalue weighted by atomic mass is 9.76. The fourth-order valence-electron chi connectivity index (χ4n) is 3.82. The van der Waals surface area contributed by atoms with Crippen LogP contribution in [-0.2, 0) is 19.3 Å². The number of fused-ring (bicyclic) bond motifs is 2. The molecule has 1 aromatic carbocycles. The van der Waals surface area contributed by atoms with Crippen molar-refractivity contribution in [3.8, 4) is 0 Å². The molecule has 0 unspecified atom stereocenters. The normalized spacial score (nSPS) is 28.7. The predicted octanol–water partition coefficient (Wildman–Crippen LogP) is 2.75. The number of rotatable bonds is 2. The van der Waals surface area contributed by atoms with Crippen LogP contribution in [0.1, 0.15) is 29.9 Å². The highest BCUT2D eigenvalue weighted by atomic mass is 16.3. The van der Waals surface area contributed by atoms with Crippen LogP contribution in [0.3, 0.4) is 0 Å². The molecule has 0 amide bonds. The Morgan fingerprint density at radius 2 is 2.00 bits per heavy atom. The van der Waals surface area contributed by atoms with Gasteiger partial charge in [0.15, 0.2) is 5.89 Å². The van der Waals surface area contributed by atoms with E-state index in [0.29, 0.717) is 18.0 Å². The summed E-state index contributed by atoms with van der Waals surface area (Å²) < 4.78 is 5.43. The summed E-state index contributed by atoms with van der Waals surface area (Å²) in [7, 11) is 0. The summed E-state index contributed by atoms with van der Waals surface area (Å²) >= 11 is 0. The fraction of sp³-hybridized carbons (Fsp3) is 0.471. The van der Waals surface area contributed by atoms with Gasteiger partial charge in [-0.25, -0.2) is 4.98 Å². The van der Waals surface area contributed by atoms with Crippen LogP contribution in [0.15, 0.2) is 41.1 Å². The maximum Gasteiger partial charge on any atom is 0.195 e. The molecule has 0 radical (unpaired) electrons. The highest BCUT2D eigenvalue weighted by Crippen LogP contribution is 2.31. The quantitative estimate of drug-likeness (QED) is 0.910. The summed E-state index contributed by atoms with van der Waals surface area (Å²) in [4.78, 5) is 4.29. The first-order valence-corrected chi connectivity index (χ1v) is 7.59. The number of benzene rings is 1. The minimum absolute atomic E-state index is 0.501. The van der Waals surface area contributed by atoms with Gasteiger partial charge in [-0.1, -0.05) is 24.3 Å². The van der Waals surface area contributed by atoms with Crippen molar-refractivity contribution in [2.24, 2.45) is 5.92 Å². The second-order valence-corrected chi connectivity index (χ2v) is 6.11. The molecule has 3 aliphatic rings. The Kier molecular flexibility index (Phi) is 3.07. The molecule has 0 spiro atoms. The third-order valence-corrected chi connectivity index (χ3v) is 4.85. The number of aromatic nitrogens is 1. The number of oxazole rings is 1. The summed E-state index contributed by atoms with van der Waals surface area (Å²) in [6.45, 7) is 0. The van der Waals surface area contributed by atoms with Crippen molar-refractivity contribution in [1.29, 1.82) is 0 Å². The average molecular weight is 268 g/mol. The van der Waals surface area contributed by atoms with E-state index in [-0.39, 0.29) is 0 Å². The summed E-state index contributed by atoms with van der Waals surface area (Å²) in [5, 5.41) is 3.83. The van der Waals surface area contributed by atoms with Crippen molar-refractivity contribution >= 4 is 0 Å². The van der Waals surface area contributed by atoms with Gasteiger partial charge >= 0.3 is 0 Å². The highest BCUT2D eigenvalue weighted by Gasteiger charge is 2.33. The van der Waals surface area contributed by atoms with Gasteiger partial charge in [-0.2, -0.15) is 0 Å². The van der Waals surface area contributed by atoms with Gasteiger partial charge in [-0.3, -0.25) is 0 Å². The summed E-state index contributed by atoms with van der Waals surface area (Å²) in [5.41, 5.74) is 3.07. The molecule has 3 heterocycles. The minimum Gasteiger partial charge on any atom is -0.449 e. The second-order valence-electron chi connectivity index (χ2n) is 6.11. The molecule has 5 rings (SSSR count). The maximum absolute atomic E-state index is 5.43. The molecule has 1 fully saturated rings. The molecule has 1 aromatic heterocycles. The van der Waals surface area contributed by atoms with E-state index >= 15 is 0 Å². The lowest BCUT2D eigenvalue weighted by molar-refractivity contribution is 0.209. The molecule has 2 aromatic rings. The number of hydrogen-bond donors (Lipinski definition) is 1. The van der Waals surface area contributed by atoms with Crippen molar-refractivity contribution in [2.45, 2.75) is 44.2 Å². The van der Waals surface area contributed by atoms with Gasteiger partial charge in [-0.05, 0) is 42.7 Å². The summed E-state index contributed by atoms with van der Waals surface area (Å²) in [6, 6.07) is 10.0. The molecule has 1 N–H and O–H groups in total. The van der Waals surface area contributed by atoms with Gasteiger partial charge in [0.2, 0.25) is 0 Å². The Balaban J connectivity index is 1.60. The van der Waals surface area contributed by atoms with E-state index in [2.05, 4.69) is 34.6 Å². The minimum atomic E-state index is 0.501. The molecular weight excluding hydrogens is 248 g/mol. The molecule has 1 aliphatic carbocycles. The smallest absolute Gasteiger partial charge is 0.195 e. The van der Waals surface area contributed by atoms with Crippen molar-refractivity contribution in [3.63, 3.8) is 0 Å². The summed E-state index contributed by atoms with van der Waals surface area (Å²) in [5.74, 6) is 1.56. The SMILES string of the molecule is c1ccc2c(c1)C[C@H]1CC[C@@H](C2)[C@H](Cc2ncco2)N1. The molecule has 3 heteroatoms. The van der Waals surface area contributed by atoms with Crippen LogP contribution in [0.25, 0.3) is 0 Å². The molecular formula is C17H20N2O. The van der Waals surface area contributed by atoms with Gasteiger partial charge in [-0.15, -0.1) is 0 Å². The zero-order valence-electron chi connectivity index (χ0n) is 11.6. The average Bonchev–Trinajstić information content (AvgIpc) is 2.93. The monoisotopic (exact) mass is 268 g/mol. The number of hydrogen-bond acceptors (Lipinski definition) is 3. The van der Waals surface area contributed by atoms with E-state index in [1.807, 2.05) is 0 Å². The van der Waals surface area contributed by atoms with E-state index in [4.69, 9.17) is 4.42 Å². The zero-order valence-corrected chi connectivity index (χ0v) is 11.6. The first-order chi connectivity index (χ1) is 9.88. The molecule has 2 bridgehead atoms. The van der Waals surface area contributed by atoms with Crippen LogP contribution in [0, 0.1) is 5.92 Å². The second kappa shape index (κ2) is 5.06. The summed E-state index contributed by atoms with van der Waals surface area (Å²) in [6.07, 6.45) is 9.28. The van der Waals surface area contributed by atoms with Gasteiger partial charge in [0.05, 0.1) is 6.20 Å². The molecule has 104 valence electrons. The highest BCUT2D eigenvalue weighted by molar-refractivity contribution is 5.30. The lowest BCUT2D eigenvalue weighted by Gasteiger charge is -2.40. The van der Waals surface area contributed by atoms with Crippen LogP contribution >= 0.6 is 0 Å². The molecule has 3 nitrogen and oxygen atoms in total. The first kappa shape index (κ1) is 12.2. The standard InChI is InChI=1S/C17H20N2O/c1-2-4-13-10-15-6-5-14(9-12(13)3-1)16(19-15)11-17-18-7-8-20-17/h1-4,7-8,14-16,19H,5-6,9-11H2/t14-,15+,16-/m0/s1. The van der Waals surface area contributed by atoms with Crippen LogP contribution in [-0.4, -0.2) is 17.1 Å². The lowest BCUT2D eigenvalue weighted by Crippen LogP contribution is -2.51. The van der Waals surface area contributed by atoms with Crippen LogP contribution in [0.2, 0.25) is 0 Å². The molecule has 3 atom stereocenters. The van der Waals surface area contributed by atoms with E-state index < -0.39 is 0 Å². The van der Waals surface area contributed by atoms with Crippen molar-refractivity contribution in [2.75, 3.05) is 0 Å². The third-order valence-electron chi connectivity index (χ3n) is 4.85. The topological polar surface area (TPSA) is 38.1 Å². The Bertz CT molecular complexity index is 578. The Hall–Kier alpha value is -1.61. The molecule has 1 saturated heterocycles. The Morgan fingerprint density at radius 1 is 1.15 bits per heavy atom. The Morgan fingerprint density at radius 3 is 2.80 bits per heavy atom. The zero-order chi connectivity index (χ0) is 13.4. The van der Waals surface area contributed by atoms with Crippen LogP contribution < -0.4 is 5.32 Å². The van der Waals surface area contributed by atoms with Crippen LogP contribution in [0.5, 0.6) is 0 Å². The Labute approximate surface area is 119 Å².